The van der Waals surface area contributed by atoms with Gasteiger partial charge in [0.15, 0.2) is 11.5 Å². The third-order valence-corrected chi connectivity index (χ3v) is 6.62. The van der Waals surface area contributed by atoms with Gasteiger partial charge in [0, 0.05) is 5.54 Å². The lowest BCUT2D eigenvalue weighted by atomic mass is 9.81. The van der Waals surface area contributed by atoms with Crippen molar-refractivity contribution in [1.29, 1.82) is 0 Å². The maximum atomic E-state index is 6.52. The molecule has 1 aliphatic heterocycles. The minimum absolute atomic E-state index is 0.00167. The first-order valence-electron chi connectivity index (χ1n) is 10.7. The van der Waals surface area contributed by atoms with E-state index in [1.165, 1.54) is 16.8 Å². The molecule has 0 atom stereocenters. The first kappa shape index (κ1) is 20.8. The van der Waals surface area contributed by atoms with Crippen LogP contribution in [0.3, 0.4) is 0 Å². The number of nitrogens with zero attached hydrogens (tertiary/aromatic N) is 1. The molecule has 0 saturated heterocycles. The molecule has 0 unspecified atom stereocenters. The molecule has 3 rings (SSSR count). The van der Waals surface area contributed by atoms with Gasteiger partial charge in [-0.1, -0.05) is 60.6 Å². The van der Waals surface area contributed by atoms with Gasteiger partial charge in [-0.25, -0.2) is 0 Å². The summed E-state index contributed by atoms with van der Waals surface area (Å²) in [7, 11) is 0. The third kappa shape index (κ3) is 3.54. The predicted octanol–water partition coefficient (Wildman–Crippen LogP) is 8.10. The van der Waals surface area contributed by atoms with Gasteiger partial charge < -0.3 is 9.64 Å². The molecule has 2 aromatic carbocycles. The summed E-state index contributed by atoms with van der Waals surface area (Å²) in [6, 6.07) is 13.5. The number of rotatable bonds is 4. The number of hydrogen-bond donors (Lipinski definition) is 0. The summed E-state index contributed by atoms with van der Waals surface area (Å²) < 4.78 is 6.52. The second kappa shape index (κ2) is 6.83. The van der Waals surface area contributed by atoms with E-state index in [4.69, 9.17) is 4.74 Å². The summed E-state index contributed by atoms with van der Waals surface area (Å²) in [5, 5.41) is 0. The molecule has 0 bridgehead atoms. The summed E-state index contributed by atoms with van der Waals surface area (Å²) in [4.78, 5) is 2.47. The van der Waals surface area contributed by atoms with Crippen molar-refractivity contribution in [3.05, 3.63) is 47.5 Å². The van der Waals surface area contributed by atoms with Gasteiger partial charge >= 0.3 is 0 Å². The SMILES string of the molecule is CCC(C)(C)c1ccc2c(c1)Oc1cc(C(C)(C)C)ccc1N2C(C)(C)CC. The smallest absolute Gasteiger partial charge is 0.151 e. The van der Waals surface area contributed by atoms with Crippen molar-refractivity contribution in [3.63, 3.8) is 0 Å². The van der Waals surface area contributed by atoms with Gasteiger partial charge in [0.05, 0.1) is 11.4 Å². The van der Waals surface area contributed by atoms with Crippen molar-refractivity contribution in [1.82, 2.24) is 0 Å². The monoisotopic (exact) mass is 379 g/mol. The standard InChI is InChI=1S/C26H37NO/c1-10-25(6,7)19-13-15-21-23(17-19)28-22-16-18(24(3,4)5)12-14-20(22)27(21)26(8,9)11-2/h12-17H,10-11H2,1-9H3. The molecule has 152 valence electrons. The molecule has 0 amide bonds. The highest BCUT2D eigenvalue weighted by molar-refractivity contribution is 5.80. The molecule has 1 aliphatic rings. The largest absolute Gasteiger partial charge is 0.453 e. The minimum Gasteiger partial charge on any atom is -0.453 e. The maximum Gasteiger partial charge on any atom is 0.151 e. The zero-order valence-corrected chi connectivity index (χ0v) is 19.2. The Balaban J connectivity index is 2.20. The Hall–Kier alpha value is -1.96. The number of fused-ring (bicyclic) bond motifs is 2. The molecule has 0 N–H and O–H groups in total. The van der Waals surface area contributed by atoms with Crippen molar-refractivity contribution < 1.29 is 4.74 Å². The molecule has 1 heterocycles. The second-order valence-electron chi connectivity index (χ2n) is 10.5. The lowest BCUT2D eigenvalue weighted by Crippen LogP contribution is -2.41. The fourth-order valence-electron chi connectivity index (χ4n) is 3.71. The van der Waals surface area contributed by atoms with Gasteiger partial charge in [-0.15, -0.1) is 0 Å². The lowest BCUT2D eigenvalue weighted by Gasteiger charge is -2.44. The van der Waals surface area contributed by atoms with Crippen LogP contribution in [0.1, 0.15) is 86.3 Å². The highest BCUT2D eigenvalue weighted by Crippen LogP contribution is 2.52. The van der Waals surface area contributed by atoms with Gasteiger partial charge in [-0.05, 0) is 72.9 Å². The summed E-state index contributed by atoms with van der Waals surface area (Å²) >= 11 is 0. The molecule has 0 saturated carbocycles. The van der Waals surface area contributed by atoms with Crippen molar-refractivity contribution >= 4 is 11.4 Å². The van der Waals surface area contributed by atoms with Gasteiger partial charge in [0.2, 0.25) is 0 Å². The Morgan fingerprint density at radius 3 is 1.68 bits per heavy atom. The lowest BCUT2D eigenvalue weighted by molar-refractivity contribution is 0.427. The molecule has 0 aliphatic carbocycles. The highest BCUT2D eigenvalue weighted by Gasteiger charge is 2.35. The van der Waals surface area contributed by atoms with Gasteiger partial charge in [0.1, 0.15) is 0 Å². The van der Waals surface area contributed by atoms with Crippen LogP contribution in [0, 0.1) is 0 Å². The van der Waals surface area contributed by atoms with Crippen molar-refractivity contribution in [3.8, 4) is 11.5 Å². The van der Waals surface area contributed by atoms with E-state index < -0.39 is 0 Å². The maximum absolute atomic E-state index is 6.52. The Bertz CT molecular complexity index is 870. The van der Waals surface area contributed by atoms with Crippen LogP contribution in [-0.4, -0.2) is 5.54 Å². The molecule has 2 nitrogen and oxygen atoms in total. The van der Waals surface area contributed by atoms with Crippen molar-refractivity contribution in [2.24, 2.45) is 0 Å². The Kier molecular flexibility index (Phi) is 5.06. The number of ether oxygens (including phenoxy) is 1. The van der Waals surface area contributed by atoms with E-state index in [9.17, 15) is 0 Å². The van der Waals surface area contributed by atoms with Crippen LogP contribution in [0.25, 0.3) is 0 Å². The Morgan fingerprint density at radius 2 is 1.21 bits per heavy atom. The number of anilines is 2. The Labute approximate surface area is 171 Å². The topological polar surface area (TPSA) is 12.5 Å². The average molecular weight is 380 g/mol. The highest BCUT2D eigenvalue weighted by atomic mass is 16.5. The normalized spacial score (nSPS) is 14.4. The summed E-state index contributed by atoms with van der Waals surface area (Å²) in [5.74, 6) is 1.94. The minimum atomic E-state index is -0.00167. The van der Waals surface area contributed by atoms with Crippen LogP contribution >= 0.6 is 0 Å². The summed E-state index contributed by atoms with van der Waals surface area (Å²) in [6.45, 7) is 20.5. The van der Waals surface area contributed by atoms with Crippen molar-refractivity contribution in [2.75, 3.05) is 4.90 Å². The third-order valence-electron chi connectivity index (χ3n) is 6.62. The molecule has 0 aromatic heterocycles. The van der Waals surface area contributed by atoms with Crippen LogP contribution in [0.15, 0.2) is 36.4 Å². The van der Waals surface area contributed by atoms with E-state index in [-0.39, 0.29) is 16.4 Å². The van der Waals surface area contributed by atoms with Crippen LogP contribution in [0.4, 0.5) is 11.4 Å². The van der Waals surface area contributed by atoms with E-state index in [1.807, 2.05) is 0 Å². The molecule has 2 heteroatoms. The predicted molar refractivity (Wildman–Crippen MR) is 121 cm³/mol. The van der Waals surface area contributed by atoms with E-state index in [0.29, 0.717) is 0 Å². The second-order valence-corrected chi connectivity index (χ2v) is 10.5. The van der Waals surface area contributed by atoms with E-state index >= 15 is 0 Å². The summed E-state index contributed by atoms with van der Waals surface area (Å²) in [5.41, 5.74) is 5.19. The van der Waals surface area contributed by atoms with Crippen LogP contribution in [0.5, 0.6) is 11.5 Å². The van der Waals surface area contributed by atoms with E-state index in [2.05, 4.69) is 104 Å². The van der Waals surface area contributed by atoms with Gasteiger partial charge in [0.25, 0.3) is 0 Å². The fraction of sp³-hybridized carbons (Fsp3) is 0.538. The van der Waals surface area contributed by atoms with E-state index in [0.717, 1.165) is 30.0 Å². The molecule has 28 heavy (non-hydrogen) atoms. The molecule has 0 spiro atoms. The zero-order chi connectivity index (χ0) is 20.9. The number of hydrogen-bond acceptors (Lipinski definition) is 2. The van der Waals surface area contributed by atoms with Gasteiger partial charge in [-0.3, -0.25) is 0 Å². The van der Waals surface area contributed by atoms with Crippen LogP contribution in [0.2, 0.25) is 0 Å². The Morgan fingerprint density at radius 1 is 0.714 bits per heavy atom. The first-order valence-corrected chi connectivity index (χ1v) is 10.7. The average Bonchev–Trinajstić information content (AvgIpc) is 2.64. The molecule has 0 radical (unpaired) electrons. The van der Waals surface area contributed by atoms with Crippen LogP contribution in [-0.2, 0) is 10.8 Å². The van der Waals surface area contributed by atoms with Gasteiger partial charge in [-0.2, -0.15) is 0 Å². The first-order chi connectivity index (χ1) is 12.9. The molecule has 0 fully saturated rings. The summed E-state index contributed by atoms with van der Waals surface area (Å²) in [6.07, 6.45) is 2.15. The zero-order valence-electron chi connectivity index (χ0n) is 19.2. The van der Waals surface area contributed by atoms with E-state index in [1.54, 1.807) is 0 Å². The molecule has 2 aromatic rings. The fourth-order valence-corrected chi connectivity index (χ4v) is 3.71. The molecular weight excluding hydrogens is 342 g/mol. The van der Waals surface area contributed by atoms with Crippen molar-refractivity contribution in [2.45, 2.75) is 91.5 Å². The molecular formula is C26H37NO. The number of benzene rings is 2. The quantitative estimate of drug-likeness (QED) is 0.532. The van der Waals surface area contributed by atoms with Crippen LogP contribution < -0.4 is 9.64 Å².